The number of rotatable bonds is 3. The molecule has 2 amide bonds. The molecule has 0 spiro atoms. The van der Waals surface area contributed by atoms with E-state index in [1.807, 2.05) is 11.8 Å². The first kappa shape index (κ1) is 22.1. The predicted molar refractivity (Wildman–Crippen MR) is 117 cm³/mol. The van der Waals surface area contributed by atoms with Gasteiger partial charge in [0.05, 0.1) is 10.6 Å². The van der Waals surface area contributed by atoms with E-state index in [-0.39, 0.29) is 30.3 Å². The molecule has 1 fully saturated rings. The summed E-state index contributed by atoms with van der Waals surface area (Å²) in [5, 5.41) is 3.15. The summed E-state index contributed by atoms with van der Waals surface area (Å²) in [6.45, 7) is 4.67. The molecule has 2 aromatic carbocycles. The van der Waals surface area contributed by atoms with Gasteiger partial charge in [-0.2, -0.15) is 0 Å². The highest BCUT2D eigenvalue weighted by Gasteiger charge is 2.25. The van der Waals surface area contributed by atoms with Crippen molar-refractivity contribution in [3.8, 4) is 0 Å². The van der Waals surface area contributed by atoms with Crippen molar-refractivity contribution in [2.24, 2.45) is 0 Å². The minimum atomic E-state index is -0.264. The average Bonchev–Trinajstić information content (AvgIpc) is 2.63. The Labute approximate surface area is 176 Å². The zero-order chi connectivity index (χ0) is 19.6. The van der Waals surface area contributed by atoms with Crippen molar-refractivity contribution in [3.63, 3.8) is 0 Å². The summed E-state index contributed by atoms with van der Waals surface area (Å²) < 4.78 is 0. The highest BCUT2D eigenvalue weighted by atomic mass is 35.5. The van der Waals surface area contributed by atoms with Crippen molar-refractivity contribution in [2.75, 3.05) is 17.6 Å². The quantitative estimate of drug-likeness (QED) is 0.690. The second kappa shape index (κ2) is 9.30. The fourth-order valence-corrected chi connectivity index (χ4v) is 3.66. The van der Waals surface area contributed by atoms with E-state index >= 15 is 0 Å². The maximum absolute atomic E-state index is 12.8. The Balaban J connectivity index is 0.00000280. The lowest BCUT2D eigenvalue weighted by Crippen LogP contribution is -2.42. The van der Waals surface area contributed by atoms with Gasteiger partial charge in [0.1, 0.15) is 0 Å². The lowest BCUT2D eigenvalue weighted by atomic mass is 10.0. The maximum atomic E-state index is 12.8. The second-order valence-electron chi connectivity index (χ2n) is 7.07. The number of carbonyl (C=O) groups is 2. The molecular weight excluding hydrogens is 397 g/mol. The lowest BCUT2D eigenvalue weighted by molar-refractivity contribution is 0.0635. The van der Waals surface area contributed by atoms with Gasteiger partial charge >= 0.3 is 0 Å². The van der Waals surface area contributed by atoms with Crippen LogP contribution in [0.1, 0.15) is 52.5 Å². The van der Waals surface area contributed by atoms with E-state index in [1.165, 1.54) is 0 Å². The molecule has 28 heavy (non-hydrogen) atoms. The minimum absolute atomic E-state index is 0. The monoisotopic (exact) mass is 421 g/mol. The number of nitrogens with zero attached hydrogens (tertiary/aromatic N) is 1. The van der Waals surface area contributed by atoms with Crippen molar-refractivity contribution >= 4 is 47.2 Å². The summed E-state index contributed by atoms with van der Waals surface area (Å²) in [4.78, 5) is 27.2. The summed E-state index contributed by atoms with van der Waals surface area (Å²) in [5.74, 6) is -0.323. The van der Waals surface area contributed by atoms with Crippen LogP contribution in [0.3, 0.4) is 0 Å². The molecular formula is C21H25Cl2N3O2. The molecule has 3 rings (SSSR count). The molecule has 150 valence electrons. The first-order valence-electron chi connectivity index (χ1n) is 9.15. The van der Waals surface area contributed by atoms with Crippen LogP contribution in [-0.4, -0.2) is 29.3 Å². The van der Waals surface area contributed by atoms with Gasteiger partial charge in [-0.15, -0.1) is 12.4 Å². The van der Waals surface area contributed by atoms with Crippen LogP contribution in [0.5, 0.6) is 0 Å². The maximum Gasteiger partial charge on any atom is 0.256 e. The van der Waals surface area contributed by atoms with Crippen molar-refractivity contribution < 1.29 is 9.59 Å². The zero-order valence-corrected chi connectivity index (χ0v) is 17.6. The van der Waals surface area contributed by atoms with Crippen LogP contribution >= 0.6 is 24.0 Å². The van der Waals surface area contributed by atoms with Crippen molar-refractivity contribution in [2.45, 2.75) is 39.2 Å². The van der Waals surface area contributed by atoms with Crippen LogP contribution in [0.2, 0.25) is 5.02 Å². The van der Waals surface area contributed by atoms with Gasteiger partial charge in [0, 0.05) is 29.5 Å². The van der Waals surface area contributed by atoms with Gasteiger partial charge in [0.25, 0.3) is 11.8 Å². The Morgan fingerprint density at radius 1 is 1.14 bits per heavy atom. The van der Waals surface area contributed by atoms with Crippen LogP contribution in [0, 0.1) is 6.92 Å². The van der Waals surface area contributed by atoms with Gasteiger partial charge in [-0.05, 0) is 69.0 Å². The minimum Gasteiger partial charge on any atom is -0.399 e. The van der Waals surface area contributed by atoms with E-state index in [9.17, 15) is 9.59 Å². The van der Waals surface area contributed by atoms with Gasteiger partial charge in [-0.3, -0.25) is 9.59 Å². The number of benzene rings is 2. The standard InChI is InChI=1S/C21H24ClN3O2.ClH/c1-13-6-7-15(23)11-18(13)20(26)24-16-8-9-17(19(22)12-16)21(27)25-10-4-3-5-14(25)2;/h6-9,11-12,14H,3-5,10,23H2,1-2H3,(H,24,26);1H. The lowest BCUT2D eigenvalue weighted by Gasteiger charge is -2.33. The number of aryl methyl sites for hydroxylation is 1. The molecule has 1 atom stereocenters. The summed E-state index contributed by atoms with van der Waals surface area (Å²) in [6, 6.07) is 10.4. The third-order valence-electron chi connectivity index (χ3n) is 5.03. The van der Waals surface area contributed by atoms with Crippen molar-refractivity contribution in [3.05, 3.63) is 58.1 Å². The van der Waals surface area contributed by atoms with Gasteiger partial charge < -0.3 is 16.0 Å². The molecule has 1 unspecified atom stereocenters. The number of piperidine rings is 1. The number of hydrogen-bond acceptors (Lipinski definition) is 3. The van der Waals surface area contributed by atoms with Gasteiger partial charge in [0.15, 0.2) is 0 Å². The van der Waals surface area contributed by atoms with Gasteiger partial charge in [-0.1, -0.05) is 17.7 Å². The summed E-state index contributed by atoms with van der Waals surface area (Å²) in [6.07, 6.45) is 3.17. The molecule has 0 aliphatic carbocycles. The molecule has 1 saturated heterocycles. The Hall–Kier alpha value is -2.24. The summed E-state index contributed by atoms with van der Waals surface area (Å²) >= 11 is 6.36. The molecule has 0 radical (unpaired) electrons. The molecule has 1 heterocycles. The average molecular weight is 422 g/mol. The largest absolute Gasteiger partial charge is 0.399 e. The number of likely N-dealkylation sites (tertiary alicyclic amines) is 1. The summed E-state index contributed by atoms with van der Waals surface area (Å²) in [5.41, 5.74) is 8.64. The van der Waals surface area contributed by atoms with E-state index in [1.54, 1.807) is 36.4 Å². The van der Waals surface area contributed by atoms with E-state index in [0.717, 1.165) is 31.4 Å². The third kappa shape index (κ3) is 4.78. The van der Waals surface area contributed by atoms with Crippen molar-refractivity contribution in [1.29, 1.82) is 0 Å². The number of hydrogen-bond donors (Lipinski definition) is 2. The molecule has 7 heteroatoms. The van der Waals surface area contributed by atoms with E-state index in [2.05, 4.69) is 12.2 Å². The molecule has 0 saturated carbocycles. The Morgan fingerprint density at radius 3 is 2.57 bits per heavy atom. The highest BCUT2D eigenvalue weighted by Crippen LogP contribution is 2.26. The third-order valence-corrected chi connectivity index (χ3v) is 5.34. The number of nitrogens with two attached hydrogens (primary N) is 1. The van der Waals surface area contributed by atoms with Crippen LogP contribution in [0.25, 0.3) is 0 Å². The number of halogens is 2. The molecule has 1 aliphatic rings. The first-order valence-corrected chi connectivity index (χ1v) is 9.52. The highest BCUT2D eigenvalue weighted by molar-refractivity contribution is 6.34. The molecule has 2 aromatic rings. The van der Waals surface area contributed by atoms with E-state index in [0.29, 0.717) is 27.5 Å². The SMILES string of the molecule is Cc1ccc(N)cc1C(=O)Nc1ccc(C(=O)N2CCCCC2C)c(Cl)c1.Cl. The van der Waals surface area contributed by atoms with Crippen molar-refractivity contribution in [1.82, 2.24) is 4.90 Å². The van der Waals surface area contributed by atoms with Crippen LogP contribution in [-0.2, 0) is 0 Å². The number of nitrogens with one attached hydrogen (secondary N) is 1. The number of nitrogen functional groups attached to an aromatic ring is 1. The first-order chi connectivity index (χ1) is 12.9. The molecule has 3 N–H and O–H groups in total. The molecule has 0 bridgehead atoms. The van der Waals surface area contributed by atoms with Crippen LogP contribution in [0.15, 0.2) is 36.4 Å². The Kier molecular flexibility index (Phi) is 7.33. The molecule has 1 aliphatic heterocycles. The molecule has 5 nitrogen and oxygen atoms in total. The fraction of sp³-hybridized carbons (Fsp3) is 0.333. The van der Waals surface area contributed by atoms with Gasteiger partial charge in [-0.25, -0.2) is 0 Å². The van der Waals surface area contributed by atoms with E-state index < -0.39 is 0 Å². The van der Waals surface area contributed by atoms with E-state index in [4.69, 9.17) is 17.3 Å². The second-order valence-corrected chi connectivity index (χ2v) is 7.47. The fourth-order valence-electron chi connectivity index (χ4n) is 3.40. The number of anilines is 2. The summed E-state index contributed by atoms with van der Waals surface area (Å²) in [7, 11) is 0. The number of carbonyl (C=O) groups excluding carboxylic acids is 2. The normalized spacial score (nSPS) is 16.2. The van der Waals surface area contributed by atoms with Gasteiger partial charge in [0.2, 0.25) is 0 Å². The predicted octanol–water partition coefficient (Wildman–Crippen LogP) is 4.92. The zero-order valence-electron chi connectivity index (χ0n) is 16.0. The van der Waals surface area contributed by atoms with Crippen LogP contribution < -0.4 is 11.1 Å². The number of amides is 2. The smallest absolute Gasteiger partial charge is 0.256 e. The molecule has 0 aromatic heterocycles. The van der Waals surface area contributed by atoms with Crippen LogP contribution in [0.4, 0.5) is 11.4 Å². The topological polar surface area (TPSA) is 75.4 Å². The Morgan fingerprint density at radius 2 is 1.89 bits per heavy atom. The Bertz CT molecular complexity index is 886.